The van der Waals surface area contributed by atoms with E-state index in [-0.39, 0.29) is 0 Å². The van der Waals surface area contributed by atoms with Crippen molar-refractivity contribution >= 4 is 11.7 Å². The van der Waals surface area contributed by atoms with Crippen LogP contribution in [0.5, 0.6) is 0 Å². The Morgan fingerprint density at radius 3 is 2.58 bits per heavy atom. The minimum atomic E-state index is -4.39. The van der Waals surface area contributed by atoms with Crippen molar-refractivity contribution in [3.05, 3.63) is 42.7 Å². The highest BCUT2D eigenvalue weighted by Crippen LogP contribution is 2.26. The molecule has 0 unspecified atom stereocenters. The van der Waals surface area contributed by atoms with E-state index in [0.717, 1.165) is 11.3 Å². The minimum absolute atomic E-state index is 0.342. The van der Waals surface area contributed by atoms with Crippen LogP contribution in [0.1, 0.15) is 0 Å². The lowest BCUT2D eigenvalue weighted by Crippen LogP contribution is -2.55. The van der Waals surface area contributed by atoms with Gasteiger partial charge >= 0.3 is 6.18 Å². The van der Waals surface area contributed by atoms with E-state index < -0.39 is 24.5 Å². The van der Waals surface area contributed by atoms with Gasteiger partial charge in [0.05, 0.1) is 11.6 Å². The SMILES string of the molecule is O=C(NCC(F)(F)F)C1CN(c2cc(-c3ccccc3)ncn2)C1. The molecule has 0 aliphatic carbocycles. The van der Waals surface area contributed by atoms with Crippen molar-refractivity contribution in [2.45, 2.75) is 6.18 Å². The second-order valence-corrected chi connectivity index (χ2v) is 5.56. The van der Waals surface area contributed by atoms with Gasteiger partial charge in [0, 0.05) is 24.7 Å². The highest BCUT2D eigenvalue weighted by Gasteiger charge is 2.36. The topological polar surface area (TPSA) is 58.1 Å². The van der Waals surface area contributed by atoms with Crippen LogP contribution in [0.15, 0.2) is 42.7 Å². The van der Waals surface area contributed by atoms with E-state index in [1.807, 2.05) is 40.5 Å². The Morgan fingerprint density at radius 1 is 1.21 bits per heavy atom. The van der Waals surface area contributed by atoms with Crippen LogP contribution in [0.25, 0.3) is 11.3 Å². The van der Waals surface area contributed by atoms with Gasteiger partial charge in [-0.05, 0) is 0 Å². The van der Waals surface area contributed by atoms with E-state index in [0.29, 0.717) is 18.9 Å². The lowest BCUT2D eigenvalue weighted by molar-refractivity contribution is -0.141. The molecule has 1 amide bonds. The van der Waals surface area contributed by atoms with Gasteiger partial charge in [-0.15, -0.1) is 0 Å². The van der Waals surface area contributed by atoms with Gasteiger partial charge in [0.25, 0.3) is 0 Å². The van der Waals surface area contributed by atoms with Gasteiger partial charge in [-0.3, -0.25) is 4.79 Å². The number of amides is 1. The molecule has 126 valence electrons. The Kier molecular flexibility index (Phi) is 4.37. The summed E-state index contributed by atoms with van der Waals surface area (Å²) in [7, 11) is 0. The largest absolute Gasteiger partial charge is 0.405 e. The van der Waals surface area contributed by atoms with E-state index in [2.05, 4.69) is 9.97 Å². The molecule has 8 heteroatoms. The van der Waals surface area contributed by atoms with Crippen LogP contribution in [-0.4, -0.2) is 41.7 Å². The summed E-state index contributed by atoms with van der Waals surface area (Å²) >= 11 is 0. The number of rotatable bonds is 4. The number of hydrogen-bond acceptors (Lipinski definition) is 4. The summed E-state index contributed by atoms with van der Waals surface area (Å²) in [5.41, 5.74) is 1.70. The number of anilines is 1. The van der Waals surface area contributed by atoms with Crippen molar-refractivity contribution in [2.75, 3.05) is 24.5 Å². The Labute approximate surface area is 136 Å². The molecule has 1 aliphatic heterocycles. The summed E-state index contributed by atoms with van der Waals surface area (Å²) < 4.78 is 36.3. The molecular weight excluding hydrogens is 321 g/mol. The van der Waals surface area contributed by atoms with Gasteiger partial charge in [0.1, 0.15) is 18.7 Å². The zero-order valence-electron chi connectivity index (χ0n) is 12.6. The van der Waals surface area contributed by atoms with Crippen LogP contribution in [0, 0.1) is 5.92 Å². The average molecular weight is 336 g/mol. The molecule has 1 aromatic heterocycles. The van der Waals surface area contributed by atoms with E-state index in [9.17, 15) is 18.0 Å². The standard InChI is InChI=1S/C16H15F3N4O/c17-16(18,19)9-20-15(24)12-7-23(8-12)14-6-13(21-10-22-14)11-4-2-1-3-5-11/h1-6,10,12H,7-9H2,(H,20,24). The monoisotopic (exact) mass is 336 g/mol. The molecule has 0 bridgehead atoms. The van der Waals surface area contributed by atoms with Crippen molar-refractivity contribution in [2.24, 2.45) is 5.92 Å². The number of nitrogens with zero attached hydrogens (tertiary/aromatic N) is 3. The van der Waals surface area contributed by atoms with Crippen LogP contribution in [0.3, 0.4) is 0 Å². The van der Waals surface area contributed by atoms with E-state index >= 15 is 0 Å². The summed E-state index contributed by atoms with van der Waals surface area (Å²) in [6.07, 6.45) is -2.95. The maximum atomic E-state index is 12.1. The molecule has 1 N–H and O–H groups in total. The average Bonchev–Trinajstić information content (AvgIpc) is 2.52. The second kappa shape index (κ2) is 6.46. The number of aromatic nitrogens is 2. The van der Waals surface area contributed by atoms with E-state index in [1.54, 1.807) is 6.07 Å². The Bertz CT molecular complexity index is 715. The zero-order valence-corrected chi connectivity index (χ0v) is 12.6. The number of carbonyl (C=O) groups is 1. The lowest BCUT2D eigenvalue weighted by atomic mass is 9.99. The van der Waals surface area contributed by atoms with Crippen molar-refractivity contribution in [1.29, 1.82) is 0 Å². The van der Waals surface area contributed by atoms with E-state index in [1.165, 1.54) is 6.33 Å². The lowest BCUT2D eigenvalue weighted by Gasteiger charge is -2.39. The van der Waals surface area contributed by atoms with Gasteiger partial charge in [0.15, 0.2) is 0 Å². The van der Waals surface area contributed by atoms with Crippen molar-refractivity contribution in [1.82, 2.24) is 15.3 Å². The highest BCUT2D eigenvalue weighted by molar-refractivity contribution is 5.82. The molecular formula is C16H15F3N4O. The molecule has 0 radical (unpaired) electrons. The number of alkyl halides is 3. The van der Waals surface area contributed by atoms with Crippen LogP contribution < -0.4 is 10.2 Å². The van der Waals surface area contributed by atoms with E-state index in [4.69, 9.17) is 0 Å². The first-order chi connectivity index (χ1) is 11.4. The van der Waals surface area contributed by atoms with Crippen LogP contribution in [-0.2, 0) is 4.79 Å². The van der Waals surface area contributed by atoms with Crippen LogP contribution >= 0.6 is 0 Å². The molecule has 2 aromatic rings. The molecule has 1 aliphatic rings. The summed E-state index contributed by atoms with van der Waals surface area (Å²) in [4.78, 5) is 21.9. The first-order valence-corrected chi connectivity index (χ1v) is 7.39. The molecule has 0 saturated carbocycles. The molecule has 0 spiro atoms. The number of hydrogen-bond donors (Lipinski definition) is 1. The quantitative estimate of drug-likeness (QED) is 0.930. The number of benzene rings is 1. The fourth-order valence-electron chi connectivity index (χ4n) is 2.45. The molecule has 2 heterocycles. The van der Waals surface area contributed by atoms with Crippen LogP contribution in [0.4, 0.5) is 19.0 Å². The van der Waals surface area contributed by atoms with Gasteiger partial charge in [-0.2, -0.15) is 13.2 Å². The Morgan fingerprint density at radius 2 is 1.92 bits per heavy atom. The number of halogens is 3. The number of nitrogens with one attached hydrogen (secondary N) is 1. The summed E-state index contributed by atoms with van der Waals surface area (Å²) in [5, 5.41) is 1.91. The van der Waals surface area contributed by atoms with Crippen molar-refractivity contribution < 1.29 is 18.0 Å². The summed E-state index contributed by atoms with van der Waals surface area (Å²) in [5.74, 6) is -0.382. The molecule has 3 rings (SSSR count). The third-order valence-electron chi connectivity index (χ3n) is 3.76. The maximum Gasteiger partial charge on any atom is 0.405 e. The third-order valence-corrected chi connectivity index (χ3v) is 3.76. The Hall–Kier alpha value is -2.64. The summed E-state index contributed by atoms with van der Waals surface area (Å²) in [6, 6.07) is 11.4. The molecule has 1 saturated heterocycles. The third kappa shape index (κ3) is 3.81. The van der Waals surface area contributed by atoms with Gasteiger partial charge in [0.2, 0.25) is 5.91 Å². The predicted octanol–water partition coefficient (Wildman–Crippen LogP) is 2.26. The second-order valence-electron chi connectivity index (χ2n) is 5.56. The smallest absolute Gasteiger partial charge is 0.355 e. The Balaban J connectivity index is 1.59. The molecule has 0 atom stereocenters. The fourth-order valence-corrected chi connectivity index (χ4v) is 2.45. The first kappa shape index (κ1) is 16.2. The fraction of sp³-hybridized carbons (Fsp3) is 0.312. The van der Waals surface area contributed by atoms with Gasteiger partial charge < -0.3 is 10.2 Å². The minimum Gasteiger partial charge on any atom is -0.355 e. The van der Waals surface area contributed by atoms with Crippen molar-refractivity contribution in [3.63, 3.8) is 0 Å². The maximum absolute atomic E-state index is 12.1. The highest BCUT2D eigenvalue weighted by atomic mass is 19.4. The summed E-state index contributed by atoms with van der Waals surface area (Å²) in [6.45, 7) is -0.613. The predicted molar refractivity (Wildman–Crippen MR) is 82.2 cm³/mol. The van der Waals surface area contributed by atoms with Gasteiger partial charge in [-0.1, -0.05) is 30.3 Å². The number of carbonyl (C=O) groups excluding carboxylic acids is 1. The molecule has 24 heavy (non-hydrogen) atoms. The molecule has 1 fully saturated rings. The van der Waals surface area contributed by atoms with Crippen molar-refractivity contribution in [3.8, 4) is 11.3 Å². The normalized spacial score (nSPS) is 15.0. The molecule has 5 nitrogen and oxygen atoms in total. The first-order valence-electron chi connectivity index (χ1n) is 7.39. The van der Waals surface area contributed by atoms with Gasteiger partial charge in [-0.25, -0.2) is 9.97 Å². The van der Waals surface area contributed by atoms with Crippen LogP contribution in [0.2, 0.25) is 0 Å². The molecule has 1 aromatic carbocycles. The zero-order chi connectivity index (χ0) is 17.2.